The molecule has 1 unspecified atom stereocenters. The lowest BCUT2D eigenvalue weighted by molar-refractivity contribution is -0.230. The molecule has 1 atom stereocenters. The van der Waals surface area contributed by atoms with Gasteiger partial charge >= 0.3 is 12.1 Å². The minimum atomic E-state index is -4.56. The Labute approximate surface area is 108 Å². The van der Waals surface area contributed by atoms with E-state index in [0.29, 0.717) is 6.42 Å². The zero-order valence-electron chi connectivity index (χ0n) is 11.8. The van der Waals surface area contributed by atoms with E-state index in [0.717, 1.165) is 13.0 Å². The molecule has 18 heavy (non-hydrogen) atoms. The van der Waals surface area contributed by atoms with Crippen molar-refractivity contribution in [2.45, 2.75) is 58.6 Å². The number of carbonyl (C=O) groups excluding carboxylic acids is 1. The van der Waals surface area contributed by atoms with Gasteiger partial charge in [-0.05, 0) is 19.8 Å². The molecule has 2 nitrogen and oxygen atoms in total. The van der Waals surface area contributed by atoms with Crippen LogP contribution in [0.15, 0.2) is 0 Å². The average molecular weight is 284 g/mol. The molecule has 0 aliphatic carbocycles. The smallest absolute Gasteiger partial charge is 0.404 e. The van der Waals surface area contributed by atoms with Crippen molar-refractivity contribution in [3.63, 3.8) is 0 Å². The van der Waals surface area contributed by atoms with E-state index in [1.54, 1.807) is 0 Å². The fourth-order valence-electron chi connectivity index (χ4n) is 1.39. The first kappa shape index (κ1) is 17.5. The van der Waals surface area contributed by atoms with Crippen molar-refractivity contribution in [1.82, 2.24) is 0 Å². The first-order chi connectivity index (χ1) is 7.94. The minimum Gasteiger partial charge on any atom is -0.465 e. The van der Waals surface area contributed by atoms with Crippen LogP contribution in [0.2, 0.25) is 25.7 Å². The third kappa shape index (κ3) is 5.00. The van der Waals surface area contributed by atoms with Crippen LogP contribution >= 0.6 is 0 Å². The molecular formula is C12H23F3O2Si. The Kier molecular flexibility index (Phi) is 5.90. The number of hydrogen-bond donors (Lipinski definition) is 0. The Morgan fingerprint density at radius 1 is 1.22 bits per heavy atom. The summed E-state index contributed by atoms with van der Waals surface area (Å²) in [5.41, 5.74) is -2.38. The Balaban J connectivity index is 4.32. The minimum absolute atomic E-state index is 0.0781. The number of rotatable bonds is 6. The van der Waals surface area contributed by atoms with E-state index in [1.165, 1.54) is 6.92 Å². The van der Waals surface area contributed by atoms with Gasteiger partial charge in [-0.15, -0.1) is 0 Å². The van der Waals surface area contributed by atoms with E-state index < -0.39 is 25.6 Å². The molecule has 0 rings (SSSR count). The van der Waals surface area contributed by atoms with Crippen LogP contribution < -0.4 is 0 Å². The Bertz CT molecular complexity index is 284. The molecule has 0 aliphatic heterocycles. The summed E-state index contributed by atoms with van der Waals surface area (Å²) in [4.78, 5) is 11.5. The highest BCUT2D eigenvalue weighted by Gasteiger charge is 2.56. The molecule has 0 aliphatic rings. The topological polar surface area (TPSA) is 26.3 Å². The third-order valence-corrected chi connectivity index (χ3v) is 4.94. The summed E-state index contributed by atoms with van der Waals surface area (Å²) >= 11 is 0. The molecule has 0 spiro atoms. The lowest BCUT2D eigenvalue weighted by Gasteiger charge is -2.28. The molecule has 0 heterocycles. The maximum Gasteiger partial charge on any atom is 0.404 e. The summed E-state index contributed by atoms with van der Waals surface area (Å²) in [5, 5.41) is 0. The SMILES string of the molecule is CCC(C)(C(=O)OCCC[Si](C)(C)C)C(F)(F)F. The molecular weight excluding hydrogens is 261 g/mol. The van der Waals surface area contributed by atoms with Crippen LogP contribution in [0.5, 0.6) is 0 Å². The highest BCUT2D eigenvalue weighted by molar-refractivity contribution is 6.76. The second-order valence-corrected chi connectivity index (χ2v) is 11.6. The average Bonchev–Trinajstić information content (AvgIpc) is 2.19. The van der Waals surface area contributed by atoms with Crippen LogP contribution in [0.3, 0.4) is 0 Å². The van der Waals surface area contributed by atoms with Gasteiger partial charge in [-0.1, -0.05) is 32.6 Å². The molecule has 0 radical (unpaired) electrons. The Morgan fingerprint density at radius 3 is 2.06 bits per heavy atom. The first-order valence-electron chi connectivity index (χ1n) is 6.18. The monoisotopic (exact) mass is 284 g/mol. The summed E-state index contributed by atoms with van der Waals surface area (Å²) in [6, 6.07) is 0.940. The van der Waals surface area contributed by atoms with Crippen molar-refractivity contribution >= 4 is 14.0 Å². The van der Waals surface area contributed by atoms with Gasteiger partial charge in [-0.25, -0.2) is 0 Å². The number of alkyl halides is 3. The zero-order valence-corrected chi connectivity index (χ0v) is 12.8. The Hall–Kier alpha value is -0.523. The standard InChI is InChI=1S/C12H23F3O2Si/c1-6-11(2,12(13,14)15)10(16)17-8-7-9-18(3,4)5/h6-9H2,1-5H3. The molecule has 0 bridgehead atoms. The largest absolute Gasteiger partial charge is 0.465 e. The number of carbonyl (C=O) groups is 1. The number of esters is 1. The van der Waals surface area contributed by atoms with Gasteiger partial charge in [0.2, 0.25) is 0 Å². The molecule has 0 fully saturated rings. The molecule has 6 heteroatoms. The second-order valence-electron chi connectivity index (χ2n) is 5.98. The molecule has 0 saturated carbocycles. The summed E-state index contributed by atoms with van der Waals surface area (Å²) in [7, 11) is -1.23. The van der Waals surface area contributed by atoms with Gasteiger partial charge in [0.05, 0.1) is 6.61 Å². The van der Waals surface area contributed by atoms with Crippen molar-refractivity contribution < 1.29 is 22.7 Å². The van der Waals surface area contributed by atoms with Crippen LogP contribution in [0.4, 0.5) is 13.2 Å². The summed E-state index contributed by atoms with van der Waals surface area (Å²) in [6.07, 6.45) is -4.22. The van der Waals surface area contributed by atoms with Crippen molar-refractivity contribution in [1.29, 1.82) is 0 Å². The van der Waals surface area contributed by atoms with Crippen LogP contribution in [-0.2, 0) is 9.53 Å². The van der Waals surface area contributed by atoms with Crippen molar-refractivity contribution in [2.24, 2.45) is 5.41 Å². The predicted octanol–water partition coefficient (Wildman–Crippen LogP) is 4.24. The van der Waals surface area contributed by atoms with Crippen molar-refractivity contribution in [2.75, 3.05) is 6.61 Å². The lowest BCUT2D eigenvalue weighted by atomic mass is 9.87. The van der Waals surface area contributed by atoms with E-state index in [9.17, 15) is 18.0 Å². The summed E-state index contributed by atoms with van der Waals surface area (Å²) in [6.45, 7) is 8.82. The summed E-state index contributed by atoms with van der Waals surface area (Å²) in [5.74, 6) is -1.16. The molecule has 108 valence electrons. The highest BCUT2D eigenvalue weighted by atomic mass is 28.3. The normalized spacial score (nSPS) is 16.2. The second kappa shape index (κ2) is 6.08. The van der Waals surface area contributed by atoms with E-state index in [2.05, 4.69) is 19.6 Å². The van der Waals surface area contributed by atoms with Gasteiger partial charge in [0.15, 0.2) is 5.41 Å². The van der Waals surface area contributed by atoms with Gasteiger partial charge in [-0.3, -0.25) is 4.79 Å². The maximum absolute atomic E-state index is 12.8. The van der Waals surface area contributed by atoms with Gasteiger partial charge in [-0.2, -0.15) is 13.2 Å². The molecule has 0 N–H and O–H groups in total. The Morgan fingerprint density at radius 2 is 1.72 bits per heavy atom. The third-order valence-electron chi connectivity index (χ3n) is 3.09. The van der Waals surface area contributed by atoms with Crippen LogP contribution in [0.1, 0.15) is 26.7 Å². The van der Waals surface area contributed by atoms with Crippen LogP contribution in [-0.4, -0.2) is 26.8 Å². The summed E-state index contributed by atoms with van der Waals surface area (Å²) < 4.78 is 43.1. The van der Waals surface area contributed by atoms with Crippen LogP contribution in [0, 0.1) is 5.41 Å². The highest BCUT2D eigenvalue weighted by Crippen LogP contribution is 2.41. The van der Waals surface area contributed by atoms with Gasteiger partial charge in [0.1, 0.15) is 0 Å². The van der Waals surface area contributed by atoms with Gasteiger partial charge in [0, 0.05) is 8.07 Å². The fourth-order valence-corrected chi connectivity index (χ4v) is 2.59. The quantitative estimate of drug-likeness (QED) is 0.414. The van der Waals surface area contributed by atoms with Crippen LogP contribution in [0.25, 0.3) is 0 Å². The van der Waals surface area contributed by atoms with Crippen molar-refractivity contribution in [3.8, 4) is 0 Å². The van der Waals surface area contributed by atoms with E-state index >= 15 is 0 Å². The maximum atomic E-state index is 12.8. The van der Waals surface area contributed by atoms with E-state index in [-0.39, 0.29) is 13.0 Å². The lowest BCUT2D eigenvalue weighted by Crippen LogP contribution is -2.43. The molecule has 0 aromatic carbocycles. The van der Waals surface area contributed by atoms with Gasteiger partial charge in [0.25, 0.3) is 0 Å². The first-order valence-corrected chi connectivity index (χ1v) is 9.89. The number of halogens is 3. The van der Waals surface area contributed by atoms with Crippen molar-refractivity contribution in [3.05, 3.63) is 0 Å². The molecule has 0 aromatic rings. The number of hydrogen-bond acceptors (Lipinski definition) is 2. The van der Waals surface area contributed by atoms with E-state index in [4.69, 9.17) is 4.74 Å². The van der Waals surface area contributed by atoms with Gasteiger partial charge < -0.3 is 4.74 Å². The molecule has 0 aromatic heterocycles. The van der Waals surface area contributed by atoms with E-state index in [1.807, 2.05) is 0 Å². The predicted molar refractivity (Wildman–Crippen MR) is 68.2 cm³/mol. The molecule has 0 amide bonds. The fraction of sp³-hybridized carbons (Fsp3) is 0.917. The molecule has 0 saturated heterocycles. The zero-order chi connectivity index (χ0) is 14.6. The number of ether oxygens (including phenoxy) is 1.